The van der Waals surface area contributed by atoms with Gasteiger partial charge in [0, 0.05) is 56.6 Å². The second kappa shape index (κ2) is 12.1. The van der Waals surface area contributed by atoms with Gasteiger partial charge < -0.3 is 14.9 Å². The van der Waals surface area contributed by atoms with Gasteiger partial charge in [-0.05, 0) is 57.0 Å². The predicted octanol–water partition coefficient (Wildman–Crippen LogP) is 5.76. The minimum atomic E-state index is -0.468. The Morgan fingerprint density at radius 3 is 2.16 bits per heavy atom. The molecule has 43 heavy (non-hydrogen) atoms. The molecule has 6 rings (SSSR count). The SMILES string of the molecule is Cc1nc(N(C)C(CC(C)O)N2CCN(c3cccc(C)c3C)CC2)c2nc(-c3ccccc3)n(-c3ccccc3)c2n1. The lowest BCUT2D eigenvalue weighted by Gasteiger charge is -2.44. The van der Waals surface area contributed by atoms with Gasteiger partial charge >= 0.3 is 0 Å². The molecule has 8 nitrogen and oxygen atoms in total. The summed E-state index contributed by atoms with van der Waals surface area (Å²) in [7, 11) is 2.08. The van der Waals surface area contributed by atoms with Crippen LogP contribution in [0.3, 0.4) is 0 Å². The van der Waals surface area contributed by atoms with Crippen LogP contribution in [0.2, 0.25) is 0 Å². The highest BCUT2D eigenvalue weighted by Crippen LogP contribution is 2.33. The zero-order valence-electron chi connectivity index (χ0n) is 25.8. The van der Waals surface area contributed by atoms with Crippen molar-refractivity contribution in [2.45, 2.75) is 46.4 Å². The van der Waals surface area contributed by atoms with Gasteiger partial charge in [-0.25, -0.2) is 15.0 Å². The lowest BCUT2D eigenvalue weighted by molar-refractivity contribution is 0.107. The van der Waals surface area contributed by atoms with Crippen LogP contribution in [0.15, 0.2) is 78.9 Å². The molecular formula is C35H41N7O. The first kappa shape index (κ1) is 28.8. The number of rotatable bonds is 8. The molecule has 1 N–H and O–H groups in total. The monoisotopic (exact) mass is 575 g/mol. The molecule has 2 atom stereocenters. The van der Waals surface area contributed by atoms with E-state index in [1.807, 2.05) is 50.2 Å². The number of piperazine rings is 1. The van der Waals surface area contributed by atoms with Crippen LogP contribution in [0.1, 0.15) is 30.3 Å². The van der Waals surface area contributed by atoms with Gasteiger partial charge in [-0.2, -0.15) is 0 Å². The van der Waals surface area contributed by atoms with Gasteiger partial charge in [-0.3, -0.25) is 9.47 Å². The number of aliphatic hydroxyl groups excluding tert-OH is 1. The van der Waals surface area contributed by atoms with E-state index >= 15 is 0 Å². The summed E-state index contributed by atoms with van der Waals surface area (Å²) >= 11 is 0. The van der Waals surface area contributed by atoms with E-state index in [0.717, 1.165) is 60.2 Å². The molecule has 0 spiro atoms. The van der Waals surface area contributed by atoms with E-state index in [1.165, 1.54) is 16.8 Å². The van der Waals surface area contributed by atoms with E-state index < -0.39 is 6.10 Å². The third kappa shape index (κ3) is 5.72. The number of imidazole rings is 1. The maximum atomic E-state index is 10.6. The first-order valence-electron chi connectivity index (χ1n) is 15.2. The first-order chi connectivity index (χ1) is 20.8. The van der Waals surface area contributed by atoms with Crippen LogP contribution in [-0.2, 0) is 0 Å². The number of nitrogens with zero attached hydrogens (tertiary/aromatic N) is 7. The van der Waals surface area contributed by atoms with Gasteiger partial charge in [0.15, 0.2) is 17.0 Å². The highest BCUT2D eigenvalue weighted by atomic mass is 16.3. The highest BCUT2D eigenvalue weighted by Gasteiger charge is 2.31. The number of aromatic nitrogens is 4. The Bertz CT molecular complexity index is 1690. The Morgan fingerprint density at radius 1 is 0.814 bits per heavy atom. The lowest BCUT2D eigenvalue weighted by atomic mass is 10.1. The largest absolute Gasteiger partial charge is 0.393 e. The van der Waals surface area contributed by atoms with Crippen LogP contribution in [0.5, 0.6) is 0 Å². The van der Waals surface area contributed by atoms with Crippen LogP contribution in [0.25, 0.3) is 28.2 Å². The molecule has 3 heterocycles. The highest BCUT2D eigenvalue weighted by molar-refractivity contribution is 5.89. The van der Waals surface area contributed by atoms with E-state index in [1.54, 1.807) is 0 Å². The zero-order chi connectivity index (χ0) is 30.1. The Balaban J connectivity index is 1.39. The number of benzene rings is 3. The fraction of sp³-hybridized carbons (Fsp3) is 0.343. The van der Waals surface area contributed by atoms with E-state index in [2.05, 4.69) is 82.6 Å². The molecule has 5 aromatic rings. The topological polar surface area (TPSA) is 73.6 Å². The van der Waals surface area contributed by atoms with Gasteiger partial charge in [-0.15, -0.1) is 0 Å². The average molecular weight is 576 g/mol. The molecule has 1 aliphatic heterocycles. The van der Waals surface area contributed by atoms with Gasteiger partial charge in [0.2, 0.25) is 0 Å². The lowest BCUT2D eigenvalue weighted by Crippen LogP contribution is -2.56. The molecular weight excluding hydrogens is 534 g/mol. The summed E-state index contributed by atoms with van der Waals surface area (Å²) in [5.74, 6) is 2.28. The summed E-state index contributed by atoms with van der Waals surface area (Å²) in [4.78, 5) is 22.3. The Morgan fingerprint density at radius 2 is 1.49 bits per heavy atom. The van der Waals surface area contributed by atoms with Gasteiger partial charge in [-0.1, -0.05) is 60.7 Å². The quantitative estimate of drug-likeness (QED) is 0.252. The number of aryl methyl sites for hydroxylation is 2. The van der Waals surface area contributed by atoms with E-state index in [-0.39, 0.29) is 6.17 Å². The Labute approximate surface area is 254 Å². The maximum absolute atomic E-state index is 10.6. The van der Waals surface area contributed by atoms with Crippen molar-refractivity contribution in [1.29, 1.82) is 0 Å². The van der Waals surface area contributed by atoms with Gasteiger partial charge in [0.25, 0.3) is 0 Å². The summed E-state index contributed by atoms with van der Waals surface area (Å²) in [6, 6.07) is 27.0. The van der Waals surface area contributed by atoms with Crippen molar-refractivity contribution in [3.05, 3.63) is 95.8 Å². The van der Waals surface area contributed by atoms with Crippen LogP contribution < -0.4 is 9.80 Å². The third-order valence-electron chi connectivity index (χ3n) is 8.63. The minimum absolute atomic E-state index is 0.0553. The smallest absolute Gasteiger partial charge is 0.170 e. The average Bonchev–Trinajstić information content (AvgIpc) is 3.41. The number of hydrogen-bond donors (Lipinski definition) is 1. The van der Waals surface area contributed by atoms with Crippen molar-refractivity contribution in [3.8, 4) is 17.1 Å². The van der Waals surface area contributed by atoms with Crippen LogP contribution in [-0.4, -0.2) is 75.0 Å². The van der Waals surface area contributed by atoms with E-state index in [9.17, 15) is 5.11 Å². The molecule has 1 aliphatic rings. The van der Waals surface area contributed by atoms with Crippen LogP contribution in [0.4, 0.5) is 11.5 Å². The maximum Gasteiger partial charge on any atom is 0.170 e. The molecule has 8 heteroatoms. The molecule has 3 aromatic carbocycles. The van der Waals surface area contributed by atoms with E-state index in [4.69, 9.17) is 15.0 Å². The van der Waals surface area contributed by atoms with Crippen molar-refractivity contribution in [1.82, 2.24) is 24.4 Å². The van der Waals surface area contributed by atoms with Gasteiger partial charge in [0.1, 0.15) is 11.6 Å². The summed E-state index contributed by atoms with van der Waals surface area (Å²) in [6.07, 6.45) is 0.0695. The molecule has 0 aliphatic carbocycles. The van der Waals surface area contributed by atoms with Crippen molar-refractivity contribution >= 4 is 22.7 Å². The minimum Gasteiger partial charge on any atom is -0.393 e. The molecule has 0 amide bonds. The number of para-hydroxylation sites is 1. The number of fused-ring (bicyclic) bond motifs is 1. The molecule has 222 valence electrons. The molecule has 0 bridgehead atoms. The third-order valence-corrected chi connectivity index (χ3v) is 8.63. The Hall–Kier alpha value is -4.27. The summed E-state index contributed by atoms with van der Waals surface area (Å²) in [6.45, 7) is 11.8. The fourth-order valence-electron chi connectivity index (χ4n) is 6.24. The molecule has 2 unspecified atom stereocenters. The normalized spacial score (nSPS) is 15.5. The van der Waals surface area contributed by atoms with Crippen molar-refractivity contribution in [2.75, 3.05) is 43.0 Å². The standard InChI is InChI=1S/C35H41N7O/c1-24-13-12-18-30(26(24)3)40-19-21-41(22-20-40)31(23-25(2)43)39(5)34-32-35(37-27(4)36-34)42(29-16-10-7-11-17-29)33(38-32)28-14-8-6-9-15-28/h6-18,25,31,43H,19-23H2,1-5H3. The first-order valence-corrected chi connectivity index (χ1v) is 15.2. The van der Waals surface area contributed by atoms with Crippen molar-refractivity contribution in [2.24, 2.45) is 0 Å². The fourth-order valence-corrected chi connectivity index (χ4v) is 6.24. The second-order valence-electron chi connectivity index (χ2n) is 11.7. The molecule has 1 fully saturated rings. The number of anilines is 2. The van der Waals surface area contributed by atoms with Crippen LogP contribution in [0, 0.1) is 20.8 Å². The van der Waals surface area contributed by atoms with E-state index in [0.29, 0.717) is 12.2 Å². The summed E-state index contributed by atoms with van der Waals surface area (Å²) in [5, 5.41) is 10.6. The van der Waals surface area contributed by atoms with Crippen molar-refractivity contribution in [3.63, 3.8) is 0 Å². The molecule has 1 saturated heterocycles. The summed E-state index contributed by atoms with van der Waals surface area (Å²) in [5.41, 5.74) is 7.51. The molecule has 0 radical (unpaired) electrons. The second-order valence-corrected chi connectivity index (χ2v) is 11.7. The molecule has 0 saturated carbocycles. The predicted molar refractivity (Wildman–Crippen MR) is 175 cm³/mol. The van der Waals surface area contributed by atoms with Crippen LogP contribution >= 0.6 is 0 Å². The number of aliphatic hydroxyl groups is 1. The zero-order valence-corrected chi connectivity index (χ0v) is 25.8. The van der Waals surface area contributed by atoms with Gasteiger partial charge in [0.05, 0.1) is 12.3 Å². The van der Waals surface area contributed by atoms with Crippen molar-refractivity contribution < 1.29 is 5.11 Å². The molecule has 2 aromatic heterocycles. The summed E-state index contributed by atoms with van der Waals surface area (Å²) < 4.78 is 2.13. The Kier molecular flexibility index (Phi) is 8.15. The number of hydrogen-bond acceptors (Lipinski definition) is 7.